The first-order chi connectivity index (χ1) is 12.5. The lowest BCUT2D eigenvalue weighted by Gasteiger charge is -2.24. The molecule has 0 aromatic heterocycles. The standard InChI is InChI=1S/C23H28F2O2/c1-22(2,3)16-8-11-19(25)21(15-16)27-13-7-6-12-23(4,5)17-9-10-18(24)20(26)14-17/h6-11,14-15,26H,12-13H2,1-5H3/b7-6+. The van der Waals surface area contributed by atoms with E-state index in [1.807, 2.05) is 26.0 Å². The molecule has 0 unspecified atom stereocenters. The van der Waals surface area contributed by atoms with Gasteiger partial charge >= 0.3 is 0 Å². The van der Waals surface area contributed by atoms with Gasteiger partial charge in [0, 0.05) is 0 Å². The maximum absolute atomic E-state index is 13.9. The smallest absolute Gasteiger partial charge is 0.165 e. The summed E-state index contributed by atoms with van der Waals surface area (Å²) < 4.78 is 32.7. The van der Waals surface area contributed by atoms with Gasteiger partial charge in [0.25, 0.3) is 0 Å². The van der Waals surface area contributed by atoms with Gasteiger partial charge in [0.2, 0.25) is 0 Å². The molecule has 1 N–H and O–H groups in total. The predicted molar refractivity (Wildman–Crippen MR) is 105 cm³/mol. The second kappa shape index (κ2) is 8.12. The fourth-order valence-corrected chi connectivity index (χ4v) is 2.72. The summed E-state index contributed by atoms with van der Waals surface area (Å²) >= 11 is 0. The van der Waals surface area contributed by atoms with E-state index in [0.29, 0.717) is 6.42 Å². The molecule has 0 aliphatic heterocycles. The maximum atomic E-state index is 13.9. The van der Waals surface area contributed by atoms with Crippen LogP contribution < -0.4 is 4.74 Å². The molecule has 0 aliphatic rings. The number of halogens is 2. The van der Waals surface area contributed by atoms with E-state index >= 15 is 0 Å². The van der Waals surface area contributed by atoms with Gasteiger partial charge in [-0.3, -0.25) is 0 Å². The van der Waals surface area contributed by atoms with Crippen molar-refractivity contribution in [2.24, 2.45) is 0 Å². The Morgan fingerprint density at radius 2 is 1.52 bits per heavy atom. The van der Waals surface area contributed by atoms with Crippen LogP contribution in [0.4, 0.5) is 8.78 Å². The minimum Gasteiger partial charge on any atom is -0.505 e. The Bertz CT molecular complexity index is 818. The Kier molecular flexibility index (Phi) is 6.30. The molecule has 146 valence electrons. The van der Waals surface area contributed by atoms with Gasteiger partial charge in [0.05, 0.1) is 0 Å². The van der Waals surface area contributed by atoms with Crippen molar-refractivity contribution in [1.29, 1.82) is 0 Å². The average Bonchev–Trinajstić information content (AvgIpc) is 2.57. The van der Waals surface area contributed by atoms with Crippen molar-refractivity contribution in [2.45, 2.75) is 51.9 Å². The van der Waals surface area contributed by atoms with Crippen LogP contribution in [0.3, 0.4) is 0 Å². The van der Waals surface area contributed by atoms with Crippen molar-refractivity contribution < 1.29 is 18.6 Å². The average molecular weight is 374 g/mol. The summed E-state index contributed by atoms with van der Waals surface area (Å²) in [5.74, 6) is -1.10. The van der Waals surface area contributed by atoms with Crippen molar-refractivity contribution in [3.8, 4) is 11.5 Å². The van der Waals surface area contributed by atoms with E-state index in [9.17, 15) is 13.9 Å². The molecular weight excluding hydrogens is 346 g/mol. The molecule has 0 aliphatic carbocycles. The molecule has 0 heterocycles. The molecule has 0 atom stereocenters. The van der Waals surface area contributed by atoms with Crippen molar-refractivity contribution in [3.63, 3.8) is 0 Å². The van der Waals surface area contributed by atoms with Crippen LogP contribution in [0.1, 0.15) is 52.2 Å². The lowest BCUT2D eigenvalue weighted by Crippen LogP contribution is -2.16. The second-order valence-electron chi connectivity index (χ2n) is 8.43. The highest BCUT2D eigenvalue weighted by atomic mass is 19.1. The van der Waals surface area contributed by atoms with E-state index in [-0.39, 0.29) is 34.8 Å². The summed E-state index contributed by atoms with van der Waals surface area (Å²) in [4.78, 5) is 0. The van der Waals surface area contributed by atoms with Crippen molar-refractivity contribution in [3.05, 3.63) is 71.3 Å². The van der Waals surface area contributed by atoms with Crippen LogP contribution in [0.15, 0.2) is 48.6 Å². The molecule has 2 nitrogen and oxygen atoms in total. The quantitative estimate of drug-likeness (QED) is 0.604. The third-order valence-corrected chi connectivity index (χ3v) is 4.65. The summed E-state index contributed by atoms with van der Waals surface area (Å²) in [6.45, 7) is 10.5. The molecule has 2 rings (SSSR count). The van der Waals surface area contributed by atoms with E-state index in [2.05, 4.69) is 20.8 Å². The van der Waals surface area contributed by atoms with Crippen LogP contribution >= 0.6 is 0 Å². The van der Waals surface area contributed by atoms with Gasteiger partial charge in [-0.2, -0.15) is 0 Å². The normalized spacial score (nSPS) is 12.6. The van der Waals surface area contributed by atoms with E-state index < -0.39 is 5.82 Å². The summed E-state index contributed by atoms with van der Waals surface area (Å²) in [7, 11) is 0. The highest BCUT2D eigenvalue weighted by Crippen LogP contribution is 2.31. The third-order valence-electron chi connectivity index (χ3n) is 4.65. The number of hydrogen-bond donors (Lipinski definition) is 1. The minimum absolute atomic E-state index is 0.0770. The Labute approximate surface area is 160 Å². The predicted octanol–water partition coefficient (Wildman–Crippen LogP) is 6.27. The first kappa shape index (κ1) is 20.9. The Morgan fingerprint density at radius 1 is 0.889 bits per heavy atom. The third kappa shape index (κ3) is 5.56. The van der Waals surface area contributed by atoms with Crippen LogP contribution in [0.25, 0.3) is 0 Å². The summed E-state index contributed by atoms with van der Waals surface area (Å²) in [5.41, 5.74) is 1.50. The molecule has 0 bridgehead atoms. The zero-order valence-corrected chi connectivity index (χ0v) is 16.6. The number of benzene rings is 2. The van der Waals surface area contributed by atoms with Crippen LogP contribution in [-0.2, 0) is 10.8 Å². The molecule has 0 spiro atoms. The lowest BCUT2D eigenvalue weighted by molar-refractivity contribution is 0.339. The molecule has 2 aromatic carbocycles. The Morgan fingerprint density at radius 3 is 2.15 bits per heavy atom. The van der Waals surface area contributed by atoms with Gasteiger partial charge in [0.15, 0.2) is 23.1 Å². The van der Waals surface area contributed by atoms with Gasteiger partial charge in [-0.25, -0.2) is 8.78 Å². The Balaban J connectivity index is 1.97. The number of phenols is 1. The van der Waals surface area contributed by atoms with Crippen LogP contribution in [0.2, 0.25) is 0 Å². The lowest BCUT2D eigenvalue weighted by atomic mass is 9.81. The summed E-state index contributed by atoms with van der Waals surface area (Å²) in [6.07, 6.45) is 4.46. The van der Waals surface area contributed by atoms with Crippen LogP contribution in [-0.4, -0.2) is 11.7 Å². The van der Waals surface area contributed by atoms with E-state index in [4.69, 9.17) is 4.74 Å². The van der Waals surface area contributed by atoms with Crippen molar-refractivity contribution in [1.82, 2.24) is 0 Å². The number of phenolic OH excluding ortho intramolecular Hbond substituents is 1. The van der Waals surface area contributed by atoms with Gasteiger partial charge in [-0.05, 0) is 52.6 Å². The topological polar surface area (TPSA) is 29.5 Å². The molecular formula is C23H28F2O2. The van der Waals surface area contributed by atoms with E-state index in [0.717, 1.165) is 11.1 Å². The van der Waals surface area contributed by atoms with Crippen LogP contribution in [0, 0.1) is 11.6 Å². The fourth-order valence-electron chi connectivity index (χ4n) is 2.72. The summed E-state index contributed by atoms with van der Waals surface area (Å²) in [5, 5.41) is 9.56. The number of aromatic hydroxyl groups is 1. The monoisotopic (exact) mass is 374 g/mol. The zero-order chi connectivity index (χ0) is 20.2. The maximum Gasteiger partial charge on any atom is 0.165 e. The first-order valence-electron chi connectivity index (χ1n) is 9.07. The zero-order valence-electron chi connectivity index (χ0n) is 16.6. The second-order valence-corrected chi connectivity index (χ2v) is 8.43. The van der Waals surface area contributed by atoms with Crippen molar-refractivity contribution in [2.75, 3.05) is 6.61 Å². The molecule has 0 amide bonds. The molecule has 4 heteroatoms. The molecule has 0 radical (unpaired) electrons. The van der Waals surface area contributed by atoms with Crippen molar-refractivity contribution >= 4 is 0 Å². The number of allylic oxidation sites excluding steroid dienone is 1. The largest absolute Gasteiger partial charge is 0.505 e. The number of ether oxygens (including phenoxy) is 1. The van der Waals surface area contributed by atoms with E-state index in [1.165, 1.54) is 18.2 Å². The first-order valence-corrected chi connectivity index (χ1v) is 9.07. The summed E-state index contributed by atoms with van der Waals surface area (Å²) in [6, 6.07) is 9.35. The number of hydrogen-bond acceptors (Lipinski definition) is 2. The number of rotatable bonds is 6. The highest BCUT2D eigenvalue weighted by Gasteiger charge is 2.20. The Hall–Kier alpha value is -2.36. The molecule has 2 aromatic rings. The van der Waals surface area contributed by atoms with Crippen LogP contribution in [0.5, 0.6) is 11.5 Å². The molecule has 0 saturated carbocycles. The highest BCUT2D eigenvalue weighted by molar-refractivity contribution is 5.35. The molecule has 0 saturated heterocycles. The fraction of sp³-hybridized carbons (Fsp3) is 0.391. The van der Waals surface area contributed by atoms with Gasteiger partial charge in [-0.15, -0.1) is 0 Å². The van der Waals surface area contributed by atoms with Gasteiger partial charge < -0.3 is 9.84 Å². The van der Waals surface area contributed by atoms with Gasteiger partial charge in [0.1, 0.15) is 6.61 Å². The minimum atomic E-state index is -0.627. The van der Waals surface area contributed by atoms with E-state index in [1.54, 1.807) is 18.2 Å². The molecule has 27 heavy (non-hydrogen) atoms. The van der Waals surface area contributed by atoms with Gasteiger partial charge in [-0.1, -0.05) is 58.9 Å². The SMILES string of the molecule is CC(C)(C)c1ccc(F)c(OC/C=C/CC(C)(C)c2ccc(F)c(O)c2)c1. The molecule has 0 fully saturated rings.